The van der Waals surface area contributed by atoms with Gasteiger partial charge in [-0.25, -0.2) is 8.42 Å². The monoisotopic (exact) mass is 639 g/mol. The Kier molecular flexibility index (Phi) is 10.2. The van der Waals surface area contributed by atoms with Gasteiger partial charge in [0.2, 0.25) is 11.8 Å². The van der Waals surface area contributed by atoms with Crippen LogP contribution in [0, 0.1) is 6.92 Å². The first-order valence-corrected chi connectivity index (χ1v) is 14.8. The van der Waals surface area contributed by atoms with Crippen LogP contribution < -0.4 is 9.62 Å². The third-order valence-electron chi connectivity index (χ3n) is 5.89. The van der Waals surface area contributed by atoms with Crippen molar-refractivity contribution in [1.29, 1.82) is 0 Å². The van der Waals surface area contributed by atoms with E-state index in [2.05, 4.69) is 21.2 Å². The van der Waals surface area contributed by atoms with E-state index in [0.717, 1.165) is 9.87 Å². The van der Waals surface area contributed by atoms with Gasteiger partial charge in [-0.05, 0) is 63.2 Å². The Bertz CT molecular complexity index is 1400. The fraction of sp³-hybridized carbons (Fsp3) is 0.259. The molecule has 2 amide bonds. The van der Waals surface area contributed by atoms with Gasteiger partial charge in [0.25, 0.3) is 10.0 Å². The number of amides is 2. The summed E-state index contributed by atoms with van der Waals surface area (Å²) in [6.45, 7) is 4.91. The highest BCUT2D eigenvalue weighted by molar-refractivity contribution is 9.10. The number of rotatable bonds is 10. The van der Waals surface area contributed by atoms with E-state index in [1.54, 1.807) is 68.4 Å². The fourth-order valence-corrected chi connectivity index (χ4v) is 6.07. The Morgan fingerprint density at radius 3 is 2.18 bits per heavy atom. The van der Waals surface area contributed by atoms with Gasteiger partial charge in [0, 0.05) is 33.2 Å². The van der Waals surface area contributed by atoms with Gasteiger partial charge < -0.3 is 10.2 Å². The van der Waals surface area contributed by atoms with Crippen LogP contribution >= 0.6 is 39.1 Å². The number of carbonyl (C=O) groups excluding carboxylic acids is 2. The second kappa shape index (κ2) is 13.0. The first-order valence-electron chi connectivity index (χ1n) is 11.8. The molecule has 0 aromatic heterocycles. The predicted molar refractivity (Wildman–Crippen MR) is 155 cm³/mol. The summed E-state index contributed by atoms with van der Waals surface area (Å²) in [5.41, 5.74) is 1.64. The molecule has 0 bridgehead atoms. The van der Waals surface area contributed by atoms with Crippen molar-refractivity contribution in [2.24, 2.45) is 0 Å². The van der Waals surface area contributed by atoms with E-state index < -0.39 is 28.5 Å². The van der Waals surface area contributed by atoms with Gasteiger partial charge in [0.1, 0.15) is 12.6 Å². The number of hydrogen-bond acceptors (Lipinski definition) is 4. The molecule has 0 spiro atoms. The summed E-state index contributed by atoms with van der Waals surface area (Å²) in [6.07, 6.45) is 0. The average molecular weight is 641 g/mol. The van der Waals surface area contributed by atoms with Crippen LogP contribution in [0.3, 0.4) is 0 Å². The number of sulfonamides is 1. The minimum absolute atomic E-state index is 0.0355. The average Bonchev–Trinajstić information content (AvgIpc) is 2.87. The quantitative estimate of drug-likeness (QED) is 0.303. The molecular weight excluding hydrogens is 613 g/mol. The van der Waals surface area contributed by atoms with E-state index >= 15 is 0 Å². The lowest BCUT2D eigenvalue weighted by Gasteiger charge is -2.32. The predicted octanol–water partition coefficient (Wildman–Crippen LogP) is 5.81. The fourth-order valence-electron chi connectivity index (χ4n) is 3.76. The highest BCUT2D eigenvalue weighted by Crippen LogP contribution is 2.29. The number of halogens is 3. The number of nitrogens with one attached hydrogen (secondary N) is 1. The van der Waals surface area contributed by atoms with Crippen molar-refractivity contribution in [2.45, 2.75) is 38.3 Å². The van der Waals surface area contributed by atoms with Gasteiger partial charge in [-0.2, -0.15) is 0 Å². The molecule has 0 saturated heterocycles. The Morgan fingerprint density at radius 1 is 1.00 bits per heavy atom. The molecule has 7 nitrogen and oxygen atoms in total. The van der Waals surface area contributed by atoms with Crippen molar-refractivity contribution in [2.75, 3.05) is 17.4 Å². The van der Waals surface area contributed by atoms with Crippen molar-refractivity contribution in [1.82, 2.24) is 10.2 Å². The van der Waals surface area contributed by atoms with Gasteiger partial charge in [-0.1, -0.05) is 69.0 Å². The lowest BCUT2D eigenvalue weighted by atomic mass is 10.1. The summed E-state index contributed by atoms with van der Waals surface area (Å²) in [4.78, 5) is 28.0. The molecule has 0 unspecified atom stereocenters. The van der Waals surface area contributed by atoms with Gasteiger partial charge >= 0.3 is 0 Å². The number of aryl methyl sites for hydroxylation is 1. The summed E-state index contributed by atoms with van der Waals surface area (Å²) in [7, 11) is -4.15. The van der Waals surface area contributed by atoms with Crippen LogP contribution in [-0.4, -0.2) is 44.3 Å². The minimum atomic E-state index is -4.15. The zero-order valence-electron chi connectivity index (χ0n) is 21.1. The molecule has 3 rings (SSSR count). The van der Waals surface area contributed by atoms with Crippen LogP contribution in [0.5, 0.6) is 0 Å². The van der Waals surface area contributed by atoms with E-state index in [9.17, 15) is 18.0 Å². The van der Waals surface area contributed by atoms with Crippen LogP contribution in [0.15, 0.2) is 76.1 Å². The maximum Gasteiger partial charge on any atom is 0.264 e. The molecule has 1 atom stereocenters. The Hall–Kier alpha value is -2.59. The molecule has 202 valence electrons. The van der Waals surface area contributed by atoms with E-state index in [-0.39, 0.29) is 23.0 Å². The molecule has 0 aliphatic rings. The smallest absolute Gasteiger partial charge is 0.264 e. The van der Waals surface area contributed by atoms with E-state index in [4.69, 9.17) is 23.2 Å². The summed E-state index contributed by atoms with van der Waals surface area (Å²) in [6, 6.07) is 17.1. The van der Waals surface area contributed by atoms with Gasteiger partial charge in [-0.15, -0.1) is 0 Å². The van der Waals surface area contributed by atoms with Crippen molar-refractivity contribution in [3.63, 3.8) is 0 Å². The minimum Gasteiger partial charge on any atom is -0.355 e. The first-order chi connectivity index (χ1) is 17.9. The van der Waals surface area contributed by atoms with E-state index in [1.165, 1.54) is 17.0 Å². The van der Waals surface area contributed by atoms with Crippen LogP contribution in [0.4, 0.5) is 5.69 Å². The zero-order chi connectivity index (χ0) is 28.0. The number of carbonyl (C=O) groups is 2. The van der Waals surface area contributed by atoms with Crippen molar-refractivity contribution in [3.05, 3.63) is 92.4 Å². The summed E-state index contributed by atoms with van der Waals surface area (Å²) in [5, 5.41) is 3.37. The molecule has 3 aromatic rings. The standard InChI is InChI=1S/C27H28BrCl2N3O4S/c1-4-31-27(35)19(3)32(16-23-24(29)9-6-10-25(23)30)26(34)17-33(21-8-5-7-20(28)15-21)38(36,37)22-13-11-18(2)12-14-22/h5-15,19H,4,16-17H2,1-3H3,(H,31,35)/t19-/m0/s1. The van der Waals surface area contributed by atoms with Gasteiger partial charge in [0.05, 0.1) is 10.6 Å². The van der Waals surface area contributed by atoms with Crippen LogP contribution in [0.2, 0.25) is 10.0 Å². The van der Waals surface area contributed by atoms with E-state index in [1.807, 2.05) is 6.92 Å². The molecule has 0 radical (unpaired) electrons. The molecule has 0 aliphatic carbocycles. The number of likely N-dealkylation sites (N-methyl/N-ethyl adjacent to an activating group) is 1. The molecule has 0 fully saturated rings. The zero-order valence-corrected chi connectivity index (χ0v) is 25.0. The third-order valence-corrected chi connectivity index (χ3v) is 8.88. The molecule has 38 heavy (non-hydrogen) atoms. The molecule has 0 heterocycles. The largest absolute Gasteiger partial charge is 0.355 e. The first kappa shape index (κ1) is 30.0. The number of benzene rings is 3. The maximum atomic E-state index is 13.9. The van der Waals surface area contributed by atoms with Gasteiger partial charge in [0.15, 0.2) is 0 Å². The number of nitrogens with zero attached hydrogens (tertiary/aromatic N) is 2. The Morgan fingerprint density at radius 2 is 1.61 bits per heavy atom. The van der Waals surface area contributed by atoms with E-state index in [0.29, 0.717) is 26.6 Å². The van der Waals surface area contributed by atoms with Crippen LogP contribution in [0.1, 0.15) is 25.0 Å². The van der Waals surface area contributed by atoms with Crippen LogP contribution in [0.25, 0.3) is 0 Å². The van der Waals surface area contributed by atoms with Crippen molar-refractivity contribution >= 4 is 66.7 Å². The lowest BCUT2D eigenvalue weighted by molar-refractivity contribution is -0.139. The molecule has 0 saturated carbocycles. The molecule has 3 aromatic carbocycles. The summed E-state index contributed by atoms with van der Waals surface area (Å²) >= 11 is 16.1. The second-order valence-electron chi connectivity index (χ2n) is 8.60. The highest BCUT2D eigenvalue weighted by atomic mass is 79.9. The highest BCUT2D eigenvalue weighted by Gasteiger charge is 2.33. The molecule has 0 aliphatic heterocycles. The number of hydrogen-bond donors (Lipinski definition) is 1. The molecular formula is C27H28BrCl2N3O4S. The topological polar surface area (TPSA) is 86.8 Å². The van der Waals surface area contributed by atoms with Crippen molar-refractivity contribution < 1.29 is 18.0 Å². The normalized spacial score (nSPS) is 12.1. The van der Waals surface area contributed by atoms with Crippen LogP contribution in [-0.2, 0) is 26.2 Å². The molecule has 11 heteroatoms. The number of anilines is 1. The summed E-state index contributed by atoms with van der Waals surface area (Å²) in [5.74, 6) is -0.991. The summed E-state index contributed by atoms with van der Waals surface area (Å²) < 4.78 is 29.3. The second-order valence-corrected chi connectivity index (χ2v) is 12.2. The third kappa shape index (κ3) is 7.08. The Labute approximate surface area is 241 Å². The lowest BCUT2D eigenvalue weighted by Crippen LogP contribution is -2.51. The van der Waals surface area contributed by atoms with Gasteiger partial charge in [-0.3, -0.25) is 13.9 Å². The molecule has 1 N–H and O–H groups in total. The SMILES string of the molecule is CCNC(=O)[C@H](C)N(Cc1c(Cl)cccc1Cl)C(=O)CN(c1cccc(Br)c1)S(=O)(=O)c1ccc(C)cc1. The Balaban J connectivity index is 2.07. The van der Waals surface area contributed by atoms with Crippen molar-refractivity contribution in [3.8, 4) is 0 Å². The maximum absolute atomic E-state index is 13.9.